The Bertz CT molecular complexity index is 537. The number of aromatic amines is 1. The van der Waals surface area contributed by atoms with Crippen molar-refractivity contribution in [2.24, 2.45) is 5.73 Å². The number of fused-ring (bicyclic) bond motifs is 1. The Labute approximate surface area is 114 Å². The van der Waals surface area contributed by atoms with E-state index in [4.69, 9.17) is 10.8 Å². The monoisotopic (exact) mass is 312 g/mol. The predicted molar refractivity (Wildman–Crippen MR) is 76.7 cm³/mol. The van der Waals surface area contributed by atoms with Crippen molar-refractivity contribution < 1.29 is 9.90 Å². The second kappa shape index (κ2) is 6.56. The molecular weight excluding hydrogens is 296 g/mol. The highest BCUT2D eigenvalue weighted by atomic mass is 79.9. The van der Waals surface area contributed by atoms with E-state index in [0.717, 1.165) is 20.9 Å². The van der Waals surface area contributed by atoms with E-state index < -0.39 is 12.0 Å². The van der Waals surface area contributed by atoms with Gasteiger partial charge in [-0.2, -0.15) is 0 Å². The van der Waals surface area contributed by atoms with E-state index in [1.165, 1.54) is 0 Å². The molecule has 2 rings (SSSR count). The van der Waals surface area contributed by atoms with Crippen LogP contribution in [0.5, 0.6) is 0 Å². The van der Waals surface area contributed by atoms with Crippen molar-refractivity contribution in [3.8, 4) is 0 Å². The van der Waals surface area contributed by atoms with Gasteiger partial charge in [-0.15, -0.1) is 0 Å². The molecule has 1 atom stereocenters. The fraction of sp³-hybridized carbons (Fsp3) is 0.308. The van der Waals surface area contributed by atoms with Crippen LogP contribution in [0.4, 0.5) is 0 Å². The van der Waals surface area contributed by atoms with Gasteiger partial charge in [0.25, 0.3) is 0 Å². The number of carboxylic acids is 1. The number of halogens is 1. The van der Waals surface area contributed by atoms with Gasteiger partial charge in [0, 0.05) is 22.5 Å². The highest BCUT2D eigenvalue weighted by Crippen LogP contribution is 2.26. The number of nitrogens with one attached hydrogen (secondary N) is 1. The Morgan fingerprint density at radius 3 is 2.78 bits per heavy atom. The summed E-state index contributed by atoms with van der Waals surface area (Å²) < 4.78 is 0.958. The normalized spacial score (nSPS) is 11.8. The van der Waals surface area contributed by atoms with Crippen LogP contribution in [0.2, 0.25) is 0 Å². The molecule has 0 aliphatic carbocycles. The van der Waals surface area contributed by atoms with Gasteiger partial charge >= 0.3 is 5.97 Å². The summed E-state index contributed by atoms with van der Waals surface area (Å²) in [6, 6.07) is 4.92. The van der Waals surface area contributed by atoms with Crippen LogP contribution in [0.1, 0.15) is 19.4 Å². The molecule has 1 aromatic heterocycles. The van der Waals surface area contributed by atoms with Crippen molar-refractivity contribution in [3.63, 3.8) is 0 Å². The SMILES string of the molecule is CC.NC(Cc1c[nH]c2c(Br)cccc12)C(=O)O. The molecule has 1 heterocycles. The van der Waals surface area contributed by atoms with E-state index >= 15 is 0 Å². The first-order valence-corrected chi connectivity index (χ1v) is 6.61. The van der Waals surface area contributed by atoms with E-state index in [-0.39, 0.29) is 0 Å². The zero-order valence-electron chi connectivity index (χ0n) is 10.4. The molecule has 18 heavy (non-hydrogen) atoms. The van der Waals surface area contributed by atoms with Crippen LogP contribution in [0.3, 0.4) is 0 Å². The quantitative estimate of drug-likeness (QED) is 0.815. The van der Waals surface area contributed by atoms with Crippen LogP contribution in [0.25, 0.3) is 10.9 Å². The molecule has 0 fully saturated rings. The number of rotatable bonds is 3. The Morgan fingerprint density at radius 2 is 2.17 bits per heavy atom. The Morgan fingerprint density at radius 1 is 1.50 bits per heavy atom. The molecule has 2 aromatic rings. The summed E-state index contributed by atoms with van der Waals surface area (Å²) in [4.78, 5) is 13.8. The molecule has 4 N–H and O–H groups in total. The number of H-pyrrole nitrogens is 1. The molecule has 1 aromatic carbocycles. The zero-order chi connectivity index (χ0) is 13.7. The first kappa shape index (κ1) is 14.7. The molecule has 0 saturated heterocycles. The largest absolute Gasteiger partial charge is 0.480 e. The second-order valence-electron chi connectivity index (χ2n) is 3.63. The van der Waals surface area contributed by atoms with Crippen LogP contribution >= 0.6 is 15.9 Å². The summed E-state index contributed by atoms with van der Waals surface area (Å²) in [5, 5.41) is 9.77. The number of aromatic nitrogens is 1. The molecule has 0 aliphatic heterocycles. The fourth-order valence-electron chi connectivity index (χ4n) is 1.67. The Kier molecular flexibility index (Phi) is 5.37. The maximum Gasteiger partial charge on any atom is 0.320 e. The highest BCUT2D eigenvalue weighted by molar-refractivity contribution is 9.10. The number of aliphatic carboxylic acids is 1. The van der Waals surface area contributed by atoms with Crippen molar-refractivity contribution in [2.75, 3.05) is 0 Å². The molecule has 98 valence electrons. The van der Waals surface area contributed by atoms with Crippen LogP contribution in [-0.4, -0.2) is 22.1 Å². The first-order valence-electron chi connectivity index (χ1n) is 5.82. The molecule has 1 unspecified atom stereocenters. The number of carbonyl (C=O) groups is 1. The highest BCUT2D eigenvalue weighted by Gasteiger charge is 2.15. The minimum atomic E-state index is -0.982. The second-order valence-corrected chi connectivity index (χ2v) is 4.48. The van der Waals surface area contributed by atoms with E-state index in [0.29, 0.717) is 6.42 Å². The zero-order valence-corrected chi connectivity index (χ0v) is 12.0. The third kappa shape index (κ3) is 3.11. The molecule has 0 radical (unpaired) electrons. The van der Waals surface area contributed by atoms with Gasteiger partial charge in [0.05, 0.1) is 5.52 Å². The lowest BCUT2D eigenvalue weighted by atomic mass is 10.1. The van der Waals surface area contributed by atoms with Gasteiger partial charge in [-0.05, 0) is 27.6 Å². The maximum absolute atomic E-state index is 10.7. The van der Waals surface area contributed by atoms with Gasteiger partial charge in [-0.3, -0.25) is 4.79 Å². The van der Waals surface area contributed by atoms with Crippen molar-refractivity contribution in [2.45, 2.75) is 26.3 Å². The molecule has 0 bridgehead atoms. The molecule has 5 heteroatoms. The molecule has 4 nitrogen and oxygen atoms in total. The molecular formula is C13H17BrN2O2. The van der Waals surface area contributed by atoms with Gasteiger partial charge in [0.1, 0.15) is 6.04 Å². The molecule has 0 aliphatic rings. The summed E-state index contributed by atoms with van der Waals surface area (Å²) in [6.45, 7) is 4.00. The third-order valence-electron chi connectivity index (χ3n) is 2.51. The van der Waals surface area contributed by atoms with Crippen molar-refractivity contribution in [1.82, 2.24) is 4.98 Å². The Hall–Kier alpha value is -1.33. The summed E-state index contributed by atoms with van der Waals surface area (Å²) in [5.74, 6) is -0.982. The molecule has 0 spiro atoms. The van der Waals surface area contributed by atoms with E-state index in [1.807, 2.05) is 32.0 Å². The molecule has 0 saturated carbocycles. The van der Waals surface area contributed by atoms with Crippen molar-refractivity contribution in [1.29, 1.82) is 0 Å². The number of para-hydroxylation sites is 1. The number of carboxylic acid groups (broad SMARTS) is 1. The summed E-state index contributed by atoms with van der Waals surface area (Å²) >= 11 is 3.43. The van der Waals surface area contributed by atoms with Crippen LogP contribution in [-0.2, 0) is 11.2 Å². The summed E-state index contributed by atoms with van der Waals surface area (Å²) in [7, 11) is 0. The van der Waals surface area contributed by atoms with Crippen LogP contribution in [0, 0.1) is 0 Å². The average Bonchev–Trinajstić information content (AvgIpc) is 2.76. The standard InChI is InChI=1S/C11H11BrN2O2.C2H6/c12-8-3-1-2-7-6(5-14-10(7)8)4-9(13)11(15)16;1-2/h1-3,5,9,14H,4,13H2,(H,15,16);1-2H3. The first-order chi connectivity index (χ1) is 8.59. The lowest BCUT2D eigenvalue weighted by molar-refractivity contribution is -0.138. The van der Waals surface area contributed by atoms with Gasteiger partial charge in [0.15, 0.2) is 0 Å². The fourth-order valence-corrected chi connectivity index (χ4v) is 2.15. The topological polar surface area (TPSA) is 79.1 Å². The lowest BCUT2D eigenvalue weighted by Gasteiger charge is -2.04. The number of nitrogens with two attached hydrogens (primary N) is 1. The van der Waals surface area contributed by atoms with E-state index in [2.05, 4.69) is 20.9 Å². The van der Waals surface area contributed by atoms with Crippen LogP contribution in [0.15, 0.2) is 28.9 Å². The van der Waals surface area contributed by atoms with Crippen LogP contribution < -0.4 is 5.73 Å². The van der Waals surface area contributed by atoms with Gasteiger partial charge in [0.2, 0.25) is 0 Å². The minimum absolute atomic E-state index is 0.325. The van der Waals surface area contributed by atoms with Gasteiger partial charge < -0.3 is 15.8 Å². The van der Waals surface area contributed by atoms with Crippen molar-refractivity contribution >= 4 is 32.8 Å². The lowest BCUT2D eigenvalue weighted by Crippen LogP contribution is -2.32. The maximum atomic E-state index is 10.7. The number of hydrogen-bond donors (Lipinski definition) is 3. The smallest absolute Gasteiger partial charge is 0.320 e. The third-order valence-corrected chi connectivity index (χ3v) is 3.17. The predicted octanol–water partition coefficient (Wildman–Crippen LogP) is 2.91. The molecule has 0 amide bonds. The summed E-state index contributed by atoms with van der Waals surface area (Å²) in [5.41, 5.74) is 7.40. The summed E-state index contributed by atoms with van der Waals surface area (Å²) in [6.07, 6.45) is 2.13. The minimum Gasteiger partial charge on any atom is -0.480 e. The number of hydrogen-bond acceptors (Lipinski definition) is 2. The Balaban J connectivity index is 0.000000771. The van der Waals surface area contributed by atoms with Gasteiger partial charge in [-0.25, -0.2) is 0 Å². The average molecular weight is 313 g/mol. The van der Waals surface area contributed by atoms with Crippen molar-refractivity contribution in [3.05, 3.63) is 34.4 Å². The van der Waals surface area contributed by atoms with E-state index in [9.17, 15) is 4.79 Å². The van der Waals surface area contributed by atoms with E-state index in [1.54, 1.807) is 6.20 Å². The number of benzene rings is 1. The van der Waals surface area contributed by atoms with Gasteiger partial charge in [-0.1, -0.05) is 26.0 Å².